The first-order valence-corrected chi connectivity index (χ1v) is 6.22. The van der Waals surface area contributed by atoms with Gasteiger partial charge in [-0.25, -0.2) is 0 Å². The number of hydrogen-bond acceptors (Lipinski definition) is 3. The molecule has 90 valence electrons. The van der Waals surface area contributed by atoms with Crippen LogP contribution in [0.15, 0.2) is 0 Å². The summed E-state index contributed by atoms with van der Waals surface area (Å²) in [4.78, 5) is 2.41. The van der Waals surface area contributed by atoms with E-state index in [1.165, 1.54) is 0 Å². The lowest BCUT2D eigenvalue weighted by molar-refractivity contribution is -0.0559. The number of rotatable bonds is 5. The Bertz CT molecular complexity index is 175. The fourth-order valence-electron chi connectivity index (χ4n) is 2.45. The normalized spacial score (nSPS) is 27.6. The Hall–Kier alpha value is -0.120. The van der Waals surface area contributed by atoms with Crippen LogP contribution in [0.4, 0.5) is 0 Å². The SMILES string of the molecule is CCCC(O)C(CC)N1CCOCC1C. The summed E-state index contributed by atoms with van der Waals surface area (Å²) < 4.78 is 5.42. The van der Waals surface area contributed by atoms with Gasteiger partial charge in [0.25, 0.3) is 0 Å². The third kappa shape index (κ3) is 3.44. The van der Waals surface area contributed by atoms with Gasteiger partial charge in [-0.3, -0.25) is 4.90 Å². The van der Waals surface area contributed by atoms with Gasteiger partial charge in [-0.15, -0.1) is 0 Å². The predicted octanol–water partition coefficient (Wildman–Crippen LogP) is 1.65. The van der Waals surface area contributed by atoms with Crippen molar-refractivity contribution in [1.29, 1.82) is 0 Å². The van der Waals surface area contributed by atoms with E-state index < -0.39 is 0 Å². The molecule has 15 heavy (non-hydrogen) atoms. The molecular formula is C12H25NO2. The molecule has 1 fully saturated rings. The summed E-state index contributed by atoms with van der Waals surface area (Å²) in [5.41, 5.74) is 0. The van der Waals surface area contributed by atoms with Crippen LogP contribution in [0.1, 0.15) is 40.0 Å². The van der Waals surface area contributed by atoms with Gasteiger partial charge in [0.2, 0.25) is 0 Å². The molecule has 3 atom stereocenters. The molecule has 1 saturated heterocycles. The number of morpholine rings is 1. The molecule has 0 amide bonds. The molecule has 0 aromatic rings. The van der Waals surface area contributed by atoms with Crippen LogP contribution in [0.3, 0.4) is 0 Å². The summed E-state index contributed by atoms with van der Waals surface area (Å²) in [7, 11) is 0. The van der Waals surface area contributed by atoms with Crippen molar-refractivity contribution in [3.63, 3.8) is 0 Å². The van der Waals surface area contributed by atoms with E-state index in [1.807, 2.05) is 0 Å². The van der Waals surface area contributed by atoms with E-state index in [-0.39, 0.29) is 6.10 Å². The molecule has 0 aliphatic carbocycles. The highest BCUT2D eigenvalue weighted by molar-refractivity contribution is 4.83. The van der Waals surface area contributed by atoms with E-state index in [1.54, 1.807) is 0 Å². The Morgan fingerprint density at radius 1 is 1.47 bits per heavy atom. The summed E-state index contributed by atoms with van der Waals surface area (Å²) >= 11 is 0. The monoisotopic (exact) mass is 215 g/mol. The molecule has 1 rings (SSSR count). The Morgan fingerprint density at radius 3 is 2.73 bits per heavy atom. The van der Waals surface area contributed by atoms with Crippen LogP contribution in [0.5, 0.6) is 0 Å². The van der Waals surface area contributed by atoms with Gasteiger partial charge in [-0.1, -0.05) is 20.3 Å². The molecule has 3 nitrogen and oxygen atoms in total. The molecule has 0 spiro atoms. The van der Waals surface area contributed by atoms with Gasteiger partial charge < -0.3 is 9.84 Å². The Morgan fingerprint density at radius 2 is 2.20 bits per heavy atom. The van der Waals surface area contributed by atoms with Gasteiger partial charge in [0, 0.05) is 18.6 Å². The van der Waals surface area contributed by atoms with Crippen molar-refractivity contribution in [3.05, 3.63) is 0 Å². The highest BCUT2D eigenvalue weighted by Crippen LogP contribution is 2.18. The van der Waals surface area contributed by atoms with E-state index in [4.69, 9.17) is 4.74 Å². The molecule has 1 aliphatic heterocycles. The van der Waals surface area contributed by atoms with Gasteiger partial charge in [-0.05, 0) is 19.8 Å². The summed E-state index contributed by atoms with van der Waals surface area (Å²) in [6, 6.07) is 0.749. The molecule has 1 N–H and O–H groups in total. The zero-order valence-electron chi connectivity index (χ0n) is 10.3. The maximum Gasteiger partial charge on any atom is 0.0695 e. The molecule has 0 aromatic carbocycles. The lowest BCUT2D eigenvalue weighted by Crippen LogP contribution is -2.53. The second kappa shape index (κ2) is 6.46. The minimum absolute atomic E-state index is 0.180. The lowest BCUT2D eigenvalue weighted by Gasteiger charge is -2.41. The molecule has 1 aliphatic rings. The zero-order valence-corrected chi connectivity index (χ0v) is 10.3. The third-order valence-corrected chi connectivity index (χ3v) is 3.29. The number of hydrogen-bond donors (Lipinski definition) is 1. The molecule has 1 heterocycles. The van der Waals surface area contributed by atoms with Crippen molar-refractivity contribution in [3.8, 4) is 0 Å². The minimum atomic E-state index is -0.180. The molecule has 0 bridgehead atoms. The van der Waals surface area contributed by atoms with E-state index >= 15 is 0 Å². The highest BCUT2D eigenvalue weighted by Gasteiger charge is 2.29. The van der Waals surface area contributed by atoms with Crippen molar-refractivity contribution in [2.24, 2.45) is 0 Å². The standard InChI is InChI=1S/C12H25NO2/c1-4-6-12(14)11(5-2)13-7-8-15-9-10(13)3/h10-12,14H,4-9H2,1-3H3. The second-order valence-corrected chi connectivity index (χ2v) is 4.49. The molecule has 3 unspecified atom stereocenters. The number of aliphatic hydroxyl groups excluding tert-OH is 1. The minimum Gasteiger partial charge on any atom is -0.391 e. The predicted molar refractivity (Wildman–Crippen MR) is 62.0 cm³/mol. The summed E-state index contributed by atoms with van der Waals surface area (Å²) in [6.07, 6.45) is 2.80. The first-order chi connectivity index (χ1) is 7.20. The molecule has 0 radical (unpaired) electrons. The van der Waals surface area contributed by atoms with Crippen molar-refractivity contribution in [1.82, 2.24) is 4.90 Å². The van der Waals surface area contributed by atoms with Crippen LogP contribution in [-0.2, 0) is 4.74 Å². The van der Waals surface area contributed by atoms with E-state index in [0.717, 1.165) is 39.0 Å². The maximum absolute atomic E-state index is 10.1. The zero-order chi connectivity index (χ0) is 11.3. The van der Waals surface area contributed by atoms with Crippen LogP contribution in [0.25, 0.3) is 0 Å². The fraction of sp³-hybridized carbons (Fsp3) is 1.00. The van der Waals surface area contributed by atoms with Crippen molar-refractivity contribution >= 4 is 0 Å². The first-order valence-electron chi connectivity index (χ1n) is 6.22. The van der Waals surface area contributed by atoms with Gasteiger partial charge in [0.1, 0.15) is 0 Å². The maximum atomic E-state index is 10.1. The highest BCUT2D eigenvalue weighted by atomic mass is 16.5. The van der Waals surface area contributed by atoms with Gasteiger partial charge in [-0.2, -0.15) is 0 Å². The molecule has 3 heteroatoms. The Balaban J connectivity index is 2.54. The van der Waals surface area contributed by atoms with E-state index in [2.05, 4.69) is 25.7 Å². The van der Waals surface area contributed by atoms with Crippen molar-refractivity contribution in [2.45, 2.75) is 58.2 Å². The van der Waals surface area contributed by atoms with Gasteiger partial charge in [0.05, 0.1) is 19.3 Å². The second-order valence-electron chi connectivity index (χ2n) is 4.49. The number of nitrogens with zero attached hydrogens (tertiary/aromatic N) is 1. The van der Waals surface area contributed by atoms with Crippen LogP contribution < -0.4 is 0 Å². The van der Waals surface area contributed by atoms with Gasteiger partial charge >= 0.3 is 0 Å². The van der Waals surface area contributed by atoms with Crippen LogP contribution in [-0.4, -0.2) is 48.0 Å². The van der Waals surface area contributed by atoms with Crippen LogP contribution in [0, 0.1) is 0 Å². The lowest BCUT2D eigenvalue weighted by atomic mass is 10.00. The summed E-state index contributed by atoms with van der Waals surface area (Å²) in [6.45, 7) is 9.03. The topological polar surface area (TPSA) is 32.7 Å². The third-order valence-electron chi connectivity index (χ3n) is 3.29. The average Bonchev–Trinajstić information content (AvgIpc) is 2.22. The molecule has 0 aromatic heterocycles. The fourth-order valence-corrected chi connectivity index (χ4v) is 2.45. The first kappa shape index (κ1) is 12.9. The average molecular weight is 215 g/mol. The summed E-state index contributed by atoms with van der Waals surface area (Å²) in [5, 5.41) is 10.1. The number of aliphatic hydroxyl groups is 1. The molecular weight excluding hydrogens is 190 g/mol. The Kier molecular flexibility index (Phi) is 5.58. The van der Waals surface area contributed by atoms with E-state index in [9.17, 15) is 5.11 Å². The largest absolute Gasteiger partial charge is 0.391 e. The van der Waals surface area contributed by atoms with Crippen molar-refractivity contribution < 1.29 is 9.84 Å². The van der Waals surface area contributed by atoms with E-state index in [0.29, 0.717) is 12.1 Å². The number of ether oxygens (including phenoxy) is 1. The quantitative estimate of drug-likeness (QED) is 0.757. The van der Waals surface area contributed by atoms with Crippen LogP contribution >= 0.6 is 0 Å². The summed E-state index contributed by atoms with van der Waals surface area (Å²) in [5.74, 6) is 0. The van der Waals surface area contributed by atoms with Crippen LogP contribution in [0.2, 0.25) is 0 Å². The van der Waals surface area contributed by atoms with Crippen molar-refractivity contribution in [2.75, 3.05) is 19.8 Å². The van der Waals surface area contributed by atoms with Gasteiger partial charge in [0.15, 0.2) is 0 Å². The smallest absolute Gasteiger partial charge is 0.0695 e. The Labute approximate surface area is 93.4 Å². The molecule has 0 saturated carbocycles.